The molecule has 3 aromatic rings. The van der Waals surface area contributed by atoms with Crippen molar-refractivity contribution in [2.45, 2.75) is 48.2 Å². The van der Waals surface area contributed by atoms with Crippen LogP contribution in [0.4, 0.5) is 17.6 Å². The molecule has 3 aromatic carbocycles. The lowest BCUT2D eigenvalue weighted by Gasteiger charge is -2.26. The molecular formula is C28H25F4NO2S. The van der Waals surface area contributed by atoms with Crippen molar-refractivity contribution < 1.29 is 27.5 Å². The number of amides is 1. The summed E-state index contributed by atoms with van der Waals surface area (Å²) < 4.78 is 52.1. The minimum absolute atomic E-state index is 0.0138. The lowest BCUT2D eigenvalue weighted by atomic mass is 9.94. The number of hydrogen-bond donors (Lipinski definition) is 2. The van der Waals surface area contributed by atoms with Crippen molar-refractivity contribution in [3.8, 4) is 0 Å². The second-order valence-corrected chi connectivity index (χ2v) is 9.79. The van der Waals surface area contributed by atoms with Crippen molar-refractivity contribution in [2.75, 3.05) is 0 Å². The molecule has 3 nitrogen and oxygen atoms in total. The van der Waals surface area contributed by atoms with E-state index in [-0.39, 0.29) is 23.1 Å². The fraction of sp³-hybridized carbons (Fsp3) is 0.250. The molecule has 2 unspecified atom stereocenters. The van der Waals surface area contributed by atoms with Gasteiger partial charge in [-0.15, -0.1) is 0 Å². The number of allylic oxidation sites excluding steroid dienone is 1. The van der Waals surface area contributed by atoms with Gasteiger partial charge < -0.3 is 10.4 Å². The molecule has 2 N–H and O–H groups in total. The number of nitrogens with one attached hydrogen (secondary N) is 1. The van der Waals surface area contributed by atoms with Crippen LogP contribution in [0.5, 0.6) is 0 Å². The monoisotopic (exact) mass is 515 g/mol. The van der Waals surface area contributed by atoms with Crippen LogP contribution in [0.2, 0.25) is 0 Å². The molecule has 1 aliphatic carbocycles. The van der Waals surface area contributed by atoms with Crippen LogP contribution in [0, 0.1) is 5.82 Å². The Bertz CT molecular complexity index is 1240. The molecule has 8 heteroatoms. The maximum atomic E-state index is 13.5. The van der Waals surface area contributed by atoms with E-state index in [9.17, 15) is 27.5 Å². The van der Waals surface area contributed by atoms with E-state index in [0.29, 0.717) is 16.7 Å². The normalized spacial score (nSPS) is 15.0. The molecule has 0 bridgehead atoms. The molecule has 188 valence electrons. The Hall–Kier alpha value is -3.10. The first-order valence-electron chi connectivity index (χ1n) is 11.6. The van der Waals surface area contributed by atoms with Gasteiger partial charge in [-0.1, -0.05) is 48.6 Å². The Morgan fingerprint density at radius 3 is 2.56 bits per heavy atom. The molecule has 0 aliphatic heterocycles. The van der Waals surface area contributed by atoms with Crippen LogP contribution in [0.3, 0.4) is 0 Å². The van der Waals surface area contributed by atoms with Crippen LogP contribution in [-0.4, -0.2) is 22.6 Å². The summed E-state index contributed by atoms with van der Waals surface area (Å²) in [5.74, 6) is -0.868. The molecule has 0 aromatic heterocycles. The number of alkyl halides is 3. The Morgan fingerprint density at radius 2 is 1.81 bits per heavy atom. The summed E-state index contributed by atoms with van der Waals surface area (Å²) in [5.41, 5.74) is -1.19. The van der Waals surface area contributed by atoms with Crippen molar-refractivity contribution in [3.05, 3.63) is 106 Å². The number of fused-ring (bicyclic) bond motifs is 1. The Balaban J connectivity index is 1.63. The summed E-state index contributed by atoms with van der Waals surface area (Å²) in [6.45, 7) is 0. The van der Waals surface area contributed by atoms with Crippen molar-refractivity contribution in [3.63, 3.8) is 0 Å². The second-order valence-electron chi connectivity index (χ2n) is 8.65. The number of halogens is 4. The van der Waals surface area contributed by atoms with Crippen molar-refractivity contribution in [1.82, 2.24) is 5.32 Å². The van der Waals surface area contributed by atoms with Gasteiger partial charge in [-0.2, -0.15) is 13.2 Å². The summed E-state index contributed by atoms with van der Waals surface area (Å²) in [5, 5.41) is 14.0. The number of carbonyl (C=O) groups excluding carboxylic acids is 1. The van der Waals surface area contributed by atoms with Gasteiger partial charge in [0.2, 0.25) is 0 Å². The van der Waals surface area contributed by atoms with Crippen LogP contribution in [0.15, 0.2) is 77.7 Å². The second kappa shape index (κ2) is 11.3. The highest BCUT2D eigenvalue weighted by Crippen LogP contribution is 2.37. The van der Waals surface area contributed by atoms with E-state index in [1.54, 1.807) is 12.1 Å². The van der Waals surface area contributed by atoms with Crippen LogP contribution in [0.25, 0.3) is 6.08 Å². The maximum Gasteiger partial charge on any atom is 0.446 e. The molecule has 0 heterocycles. The average Bonchev–Trinajstić information content (AvgIpc) is 3.08. The predicted molar refractivity (Wildman–Crippen MR) is 133 cm³/mol. The highest BCUT2D eigenvalue weighted by Gasteiger charge is 2.30. The van der Waals surface area contributed by atoms with Gasteiger partial charge in [0.25, 0.3) is 5.91 Å². The number of rotatable bonds is 7. The summed E-state index contributed by atoms with van der Waals surface area (Å²) in [7, 11) is 0. The number of carbonyl (C=O) groups is 1. The van der Waals surface area contributed by atoms with Gasteiger partial charge >= 0.3 is 5.51 Å². The van der Waals surface area contributed by atoms with E-state index < -0.39 is 29.4 Å². The minimum Gasteiger partial charge on any atom is -0.386 e. The van der Waals surface area contributed by atoms with Crippen molar-refractivity contribution in [2.24, 2.45) is 0 Å². The lowest BCUT2D eigenvalue weighted by molar-refractivity contribution is -0.0328. The van der Waals surface area contributed by atoms with Crippen LogP contribution in [0.1, 0.15) is 51.6 Å². The number of thioether (sulfide) groups is 1. The van der Waals surface area contributed by atoms with Crippen LogP contribution >= 0.6 is 11.8 Å². The fourth-order valence-electron chi connectivity index (χ4n) is 4.34. The van der Waals surface area contributed by atoms with Crippen molar-refractivity contribution in [1.29, 1.82) is 0 Å². The smallest absolute Gasteiger partial charge is 0.386 e. The van der Waals surface area contributed by atoms with Gasteiger partial charge in [-0.3, -0.25) is 4.79 Å². The highest BCUT2D eigenvalue weighted by molar-refractivity contribution is 8.00. The van der Waals surface area contributed by atoms with E-state index in [0.717, 1.165) is 30.4 Å². The highest BCUT2D eigenvalue weighted by atomic mass is 32.2. The van der Waals surface area contributed by atoms with Crippen LogP contribution < -0.4 is 5.32 Å². The van der Waals surface area contributed by atoms with E-state index in [2.05, 4.69) is 5.32 Å². The molecule has 1 aliphatic rings. The average molecular weight is 516 g/mol. The zero-order chi connectivity index (χ0) is 25.7. The van der Waals surface area contributed by atoms with Gasteiger partial charge in [0.05, 0.1) is 12.1 Å². The SMILES string of the molecule is O=C(NC(Cc1cccc(SC(F)(F)F)c1)C(O)c1ccc(F)cc1)c1cccc2c1C=CCCC2. The predicted octanol–water partition coefficient (Wildman–Crippen LogP) is 6.86. The topological polar surface area (TPSA) is 49.3 Å². The molecule has 4 rings (SSSR count). The molecule has 0 fully saturated rings. The third-order valence-electron chi connectivity index (χ3n) is 6.04. The molecule has 0 radical (unpaired) electrons. The van der Waals surface area contributed by atoms with E-state index in [1.807, 2.05) is 24.3 Å². The minimum atomic E-state index is -4.43. The van der Waals surface area contributed by atoms with Gasteiger partial charge in [0.15, 0.2) is 0 Å². The van der Waals surface area contributed by atoms with Crippen molar-refractivity contribution >= 4 is 23.7 Å². The van der Waals surface area contributed by atoms with E-state index in [4.69, 9.17) is 0 Å². The van der Waals surface area contributed by atoms with Gasteiger partial charge in [-0.25, -0.2) is 4.39 Å². The number of hydrogen-bond acceptors (Lipinski definition) is 3. The van der Waals surface area contributed by atoms with Gasteiger partial charge in [-0.05, 0) is 90.0 Å². The quantitative estimate of drug-likeness (QED) is 0.267. The molecule has 1 amide bonds. The largest absolute Gasteiger partial charge is 0.446 e. The Labute approximate surface area is 211 Å². The number of aliphatic hydroxyl groups excluding tert-OH is 1. The molecular weight excluding hydrogens is 490 g/mol. The molecule has 0 saturated carbocycles. The zero-order valence-corrected chi connectivity index (χ0v) is 20.1. The van der Waals surface area contributed by atoms with E-state index in [1.165, 1.54) is 42.5 Å². The van der Waals surface area contributed by atoms with Gasteiger partial charge in [0.1, 0.15) is 5.82 Å². The van der Waals surface area contributed by atoms with Gasteiger partial charge in [0, 0.05) is 10.5 Å². The van der Waals surface area contributed by atoms with E-state index >= 15 is 0 Å². The molecule has 36 heavy (non-hydrogen) atoms. The third-order valence-corrected chi connectivity index (χ3v) is 6.76. The summed E-state index contributed by atoms with van der Waals surface area (Å²) in [6.07, 6.45) is 5.54. The summed E-state index contributed by atoms with van der Waals surface area (Å²) in [6, 6.07) is 15.8. The first-order valence-corrected chi connectivity index (χ1v) is 12.4. The summed E-state index contributed by atoms with van der Waals surface area (Å²) in [4.78, 5) is 13.4. The zero-order valence-electron chi connectivity index (χ0n) is 19.3. The Morgan fingerprint density at radius 1 is 1.06 bits per heavy atom. The third kappa shape index (κ3) is 6.77. The fourth-order valence-corrected chi connectivity index (χ4v) is 4.97. The standard InChI is InChI=1S/C28H25F4NO2S/c29-21-14-12-20(13-15-21)26(34)25(17-18-6-4-9-22(16-18)36-28(30,31)32)33-27(35)24-11-5-8-19-7-2-1-3-10-23(19)24/h3-6,8-16,25-26,34H,1-2,7,17H2,(H,33,35). The molecule has 0 saturated heterocycles. The number of aryl methyl sites for hydroxylation is 1. The maximum absolute atomic E-state index is 13.5. The molecule has 0 spiro atoms. The summed E-state index contributed by atoms with van der Waals surface area (Å²) >= 11 is -0.223. The molecule has 2 atom stereocenters. The Kier molecular flexibility index (Phi) is 8.16. The first kappa shape index (κ1) is 26.0. The number of aliphatic hydroxyl groups is 1. The number of benzene rings is 3. The first-order chi connectivity index (χ1) is 17.2. The van der Waals surface area contributed by atoms with Crippen LogP contribution in [-0.2, 0) is 12.8 Å². The lowest BCUT2D eigenvalue weighted by Crippen LogP contribution is -2.41.